The lowest BCUT2D eigenvalue weighted by molar-refractivity contribution is 0.102. The van der Waals surface area contributed by atoms with Crippen molar-refractivity contribution in [3.63, 3.8) is 0 Å². The molecule has 2 aromatic rings. The molecular formula is C19H23N3O3S. The van der Waals surface area contributed by atoms with Gasteiger partial charge >= 0.3 is 0 Å². The standard InChI is InChI=1S/C19H23N3O3S/c1-14-7-4-5-12-22(14)26(24,25)16-9-6-8-15(13-16)19(23)21-18-11-3-2-10-17(18)20/h2-3,6,8-11,13-14H,4-5,7,12,20H2,1H3,(H,21,23). The third kappa shape index (κ3) is 3.73. The van der Waals surface area contributed by atoms with Gasteiger partial charge < -0.3 is 11.1 Å². The lowest BCUT2D eigenvalue weighted by Crippen LogP contribution is -2.41. The summed E-state index contributed by atoms with van der Waals surface area (Å²) in [5.41, 5.74) is 7.06. The summed E-state index contributed by atoms with van der Waals surface area (Å²) >= 11 is 0. The molecule has 0 saturated carbocycles. The highest BCUT2D eigenvalue weighted by atomic mass is 32.2. The number of nitrogen functional groups attached to an aromatic ring is 1. The van der Waals surface area contributed by atoms with E-state index in [0.29, 0.717) is 17.9 Å². The number of rotatable bonds is 4. The first-order valence-electron chi connectivity index (χ1n) is 8.67. The van der Waals surface area contributed by atoms with Crippen molar-refractivity contribution in [2.24, 2.45) is 0 Å². The summed E-state index contributed by atoms with van der Waals surface area (Å²) in [5.74, 6) is -0.397. The normalized spacial score (nSPS) is 18.4. The summed E-state index contributed by atoms with van der Waals surface area (Å²) in [4.78, 5) is 12.6. The van der Waals surface area contributed by atoms with E-state index in [0.717, 1.165) is 19.3 Å². The molecule has 1 fully saturated rings. The number of nitrogens with two attached hydrogens (primary N) is 1. The SMILES string of the molecule is CC1CCCCN1S(=O)(=O)c1cccc(C(=O)Nc2ccccc2N)c1. The van der Waals surface area contributed by atoms with Gasteiger partial charge in [0.15, 0.2) is 0 Å². The van der Waals surface area contributed by atoms with Gasteiger partial charge in [-0.2, -0.15) is 4.31 Å². The fraction of sp³-hybridized carbons (Fsp3) is 0.316. The minimum Gasteiger partial charge on any atom is -0.397 e. The summed E-state index contributed by atoms with van der Waals surface area (Å²) in [6.45, 7) is 2.44. The van der Waals surface area contributed by atoms with E-state index in [4.69, 9.17) is 5.73 Å². The molecule has 3 N–H and O–H groups in total. The van der Waals surface area contributed by atoms with Crippen LogP contribution in [-0.2, 0) is 10.0 Å². The summed E-state index contributed by atoms with van der Waals surface area (Å²) in [6, 6.07) is 13.0. The van der Waals surface area contributed by atoms with E-state index in [9.17, 15) is 13.2 Å². The van der Waals surface area contributed by atoms with E-state index >= 15 is 0 Å². The molecule has 0 aliphatic carbocycles. The van der Waals surface area contributed by atoms with Crippen molar-refractivity contribution in [2.75, 3.05) is 17.6 Å². The number of carbonyl (C=O) groups excluding carboxylic acids is 1. The van der Waals surface area contributed by atoms with Gasteiger partial charge in [0, 0.05) is 18.2 Å². The van der Waals surface area contributed by atoms with Crippen molar-refractivity contribution in [3.8, 4) is 0 Å². The summed E-state index contributed by atoms with van der Waals surface area (Å²) < 4.78 is 27.4. The van der Waals surface area contributed by atoms with Crippen molar-refractivity contribution in [2.45, 2.75) is 37.1 Å². The second-order valence-corrected chi connectivity index (χ2v) is 8.42. The fourth-order valence-corrected chi connectivity index (χ4v) is 4.91. The van der Waals surface area contributed by atoms with Gasteiger partial charge in [0.1, 0.15) is 0 Å². The Morgan fingerprint density at radius 2 is 1.92 bits per heavy atom. The number of nitrogens with zero attached hydrogens (tertiary/aromatic N) is 1. The molecule has 1 amide bonds. The van der Waals surface area contributed by atoms with Gasteiger partial charge in [0.05, 0.1) is 16.3 Å². The maximum Gasteiger partial charge on any atom is 0.255 e. The third-order valence-electron chi connectivity index (χ3n) is 4.65. The molecule has 0 radical (unpaired) electrons. The number of hydrogen-bond acceptors (Lipinski definition) is 4. The average molecular weight is 373 g/mol. The molecule has 2 aromatic carbocycles. The number of carbonyl (C=O) groups is 1. The summed E-state index contributed by atoms with van der Waals surface area (Å²) in [5, 5.41) is 2.72. The quantitative estimate of drug-likeness (QED) is 0.806. The number of hydrogen-bond donors (Lipinski definition) is 2. The van der Waals surface area contributed by atoms with Crippen LogP contribution in [-0.4, -0.2) is 31.2 Å². The predicted octanol–water partition coefficient (Wildman–Crippen LogP) is 3.08. The van der Waals surface area contributed by atoms with E-state index in [2.05, 4.69) is 5.32 Å². The van der Waals surface area contributed by atoms with Crippen LogP contribution < -0.4 is 11.1 Å². The Labute approximate surface area is 154 Å². The molecule has 1 saturated heterocycles. The summed E-state index contributed by atoms with van der Waals surface area (Å²) in [7, 11) is -3.62. The Kier molecular flexibility index (Phi) is 5.29. The van der Waals surface area contributed by atoms with Crippen LogP contribution in [0.5, 0.6) is 0 Å². The smallest absolute Gasteiger partial charge is 0.255 e. The van der Waals surface area contributed by atoms with Crippen LogP contribution in [0.25, 0.3) is 0 Å². The van der Waals surface area contributed by atoms with Gasteiger partial charge in [-0.25, -0.2) is 8.42 Å². The van der Waals surface area contributed by atoms with Gasteiger partial charge in [-0.3, -0.25) is 4.79 Å². The van der Waals surface area contributed by atoms with Crippen LogP contribution in [0.15, 0.2) is 53.4 Å². The Morgan fingerprint density at radius 3 is 2.65 bits per heavy atom. The first-order valence-corrected chi connectivity index (χ1v) is 10.1. The Morgan fingerprint density at radius 1 is 1.15 bits per heavy atom. The first-order chi connectivity index (χ1) is 12.4. The van der Waals surface area contributed by atoms with Crippen LogP contribution in [0.1, 0.15) is 36.5 Å². The fourth-order valence-electron chi connectivity index (χ4n) is 3.17. The van der Waals surface area contributed by atoms with Crippen LogP contribution in [0.3, 0.4) is 0 Å². The highest BCUT2D eigenvalue weighted by molar-refractivity contribution is 7.89. The third-order valence-corrected chi connectivity index (χ3v) is 6.66. The topological polar surface area (TPSA) is 92.5 Å². The van der Waals surface area contributed by atoms with Crippen LogP contribution >= 0.6 is 0 Å². The number of benzene rings is 2. The van der Waals surface area contributed by atoms with Gasteiger partial charge in [-0.15, -0.1) is 0 Å². The number of piperidine rings is 1. The van der Waals surface area contributed by atoms with E-state index in [-0.39, 0.29) is 16.5 Å². The van der Waals surface area contributed by atoms with E-state index in [1.807, 2.05) is 6.92 Å². The van der Waals surface area contributed by atoms with Gasteiger partial charge in [-0.05, 0) is 50.1 Å². The van der Waals surface area contributed by atoms with Crippen molar-refractivity contribution in [1.29, 1.82) is 0 Å². The minimum absolute atomic E-state index is 0.0321. The van der Waals surface area contributed by atoms with E-state index in [1.54, 1.807) is 36.4 Å². The molecule has 0 aromatic heterocycles. The first kappa shape index (κ1) is 18.4. The zero-order valence-corrected chi connectivity index (χ0v) is 15.5. The number of anilines is 2. The molecule has 138 valence electrons. The van der Waals surface area contributed by atoms with Crippen molar-refractivity contribution >= 4 is 27.3 Å². The molecule has 1 heterocycles. The maximum absolute atomic E-state index is 13.0. The average Bonchev–Trinajstić information content (AvgIpc) is 2.64. The van der Waals surface area contributed by atoms with Gasteiger partial charge in [0.2, 0.25) is 10.0 Å². The van der Waals surface area contributed by atoms with Crippen molar-refractivity contribution in [1.82, 2.24) is 4.31 Å². The molecule has 1 atom stereocenters. The molecule has 3 rings (SSSR count). The number of sulfonamides is 1. The van der Waals surface area contributed by atoms with Crippen LogP contribution in [0.2, 0.25) is 0 Å². The van der Waals surface area contributed by atoms with Crippen molar-refractivity contribution in [3.05, 3.63) is 54.1 Å². The van der Waals surface area contributed by atoms with Crippen molar-refractivity contribution < 1.29 is 13.2 Å². The molecule has 0 bridgehead atoms. The molecule has 1 aliphatic heterocycles. The summed E-state index contributed by atoms with van der Waals surface area (Å²) in [6.07, 6.45) is 2.75. The van der Waals surface area contributed by atoms with Gasteiger partial charge in [-0.1, -0.05) is 24.6 Å². The molecular weight excluding hydrogens is 350 g/mol. The largest absolute Gasteiger partial charge is 0.397 e. The van der Waals surface area contributed by atoms with Crippen LogP contribution in [0, 0.1) is 0 Å². The second-order valence-electron chi connectivity index (χ2n) is 6.53. The Hall–Kier alpha value is -2.38. The Bertz CT molecular complexity index is 912. The predicted molar refractivity (Wildman–Crippen MR) is 102 cm³/mol. The molecule has 6 nitrogen and oxygen atoms in total. The molecule has 7 heteroatoms. The molecule has 0 spiro atoms. The molecule has 26 heavy (non-hydrogen) atoms. The number of para-hydroxylation sites is 2. The minimum atomic E-state index is -3.62. The van der Waals surface area contributed by atoms with E-state index < -0.39 is 15.9 Å². The highest BCUT2D eigenvalue weighted by Crippen LogP contribution is 2.26. The number of amides is 1. The number of nitrogens with one attached hydrogen (secondary N) is 1. The zero-order chi connectivity index (χ0) is 18.7. The van der Waals surface area contributed by atoms with E-state index in [1.165, 1.54) is 16.4 Å². The second kappa shape index (κ2) is 7.47. The highest BCUT2D eigenvalue weighted by Gasteiger charge is 2.31. The molecule has 1 aliphatic rings. The Balaban J connectivity index is 1.86. The lowest BCUT2D eigenvalue weighted by atomic mass is 10.1. The van der Waals surface area contributed by atoms with Gasteiger partial charge in [0.25, 0.3) is 5.91 Å². The monoisotopic (exact) mass is 373 g/mol. The lowest BCUT2D eigenvalue weighted by Gasteiger charge is -2.32. The zero-order valence-electron chi connectivity index (χ0n) is 14.7. The maximum atomic E-state index is 13.0. The molecule has 1 unspecified atom stereocenters. The van der Waals surface area contributed by atoms with Crippen LogP contribution in [0.4, 0.5) is 11.4 Å².